The summed E-state index contributed by atoms with van der Waals surface area (Å²) in [6, 6.07) is 6.53. The maximum Gasteiger partial charge on any atom is 0.305 e. The van der Waals surface area contributed by atoms with Gasteiger partial charge in [-0.05, 0) is 31.0 Å². The molecule has 30 heavy (non-hydrogen) atoms. The number of pyridine rings is 2. The van der Waals surface area contributed by atoms with Crippen molar-refractivity contribution < 1.29 is 13.9 Å². The largest absolute Gasteiger partial charge is 0.376 e. The first-order valence-corrected chi connectivity index (χ1v) is 11.4. The van der Waals surface area contributed by atoms with Crippen molar-refractivity contribution in [3.8, 4) is 0 Å². The summed E-state index contributed by atoms with van der Waals surface area (Å²) in [7, 11) is 0.843. The molecule has 0 radical (unpaired) electrons. The van der Waals surface area contributed by atoms with Gasteiger partial charge in [-0.1, -0.05) is 0 Å². The summed E-state index contributed by atoms with van der Waals surface area (Å²) in [4.78, 5) is 35.0. The van der Waals surface area contributed by atoms with Crippen LogP contribution < -0.4 is 9.80 Å². The zero-order valence-electron chi connectivity index (χ0n) is 17.1. The Morgan fingerprint density at radius 1 is 1.27 bits per heavy atom. The summed E-state index contributed by atoms with van der Waals surface area (Å²) in [5.41, 5.74) is 0.749. The highest BCUT2D eigenvalue weighted by molar-refractivity contribution is 7.93. The summed E-state index contributed by atoms with van der Waals surface area (Å²) in [5, 5.41) is 10.5. The van der Waals surface area contributed by atoms with Gasteiger partial charge in [0.2, 0.25) is 0 Å². The molecule has 2 aromatic rings. The molecule has 3 rings (SSSR count). The van der Waals surface area contributed by atoms with Crippen molar-refractivity contribution in [2.45, 2.75) is 18.1 Å². The molecule has 0 bridgehead atoms. The van der Waals surface area contributed by atoms with Crippen LogP contribution >= 0.6 is 0 Å². The molecule has 0 spiro atoms. The van der Waals surface area contributed by atoms with E-state index in [0.717, 1.165) is 0 Å². The van der Waals surface area contributed by atoms with E-state index in [1.807, 2.05) is 4.90 Å². The second kappa shape index (κ2) is 8.74. The number of piperidine rings is 1. The number of rotatable bonds is 5. The van der Waals surface area contributed by atoms with Crippen LogP contribution in [0.15, 0.2) is 41.0 Å². The molecule has 2 aromatic heterocycles. The van der Waals surface area contributed by atoms with Crippen molar-refractivity contribution in [3.63, 3.8) is 0 Å². The van der Waals surface area contributed by atoms with Gasteiger partial charge in [-0.25, -0.2) is 14.2 Å². The van der Waals surface area contributed by atoms with E-state index in [2.05, 4.69) is 14.3 Å². The number of carbonyl (C=O) groups excluding carboxylic acids is 1. The Kier molecular flexibility index (Phi) is 6.30. The summed E-state index contributed by atoms with van der Waals surface area (Å²) < 4.78 is 17.3. The van der Waals surface area contributed by atoms with Crippen LogP contribution in [0.25, 0.3) is 0 Å². The molecule has 1 saturated heterocycles. The fourth-order valence-corrected chi connectivity index (χ4v) is 5.05. The second-order valence-electron chi connectivity index (χ2n) is 7.34. The zero-order chi connectivity index (χ0) is 21.9. The number of hydrogen-bond acceptors (Lipinski definition) is 8. The van der Waals surface area contributed by atoms with E-state index in [-0.39, 0.29) is 16.6 Å². The van der Waals surface area contributed by atoms with Crippen LogP contribution in [-0.4, -0.2) is 63.7 Å². The van der Waals surface area contributed by atoms with Crippen LogP contribution in [0.3, 0.4) is 0 Å². The molecule has 0 saturated carbocycles. The lowest BCUT2D eigenvalue weighted by molar-refractivity contribution is -0.385. The molecule has 10 nitrogen and oxygen atoms in total. The van der Waals surface area contributed by atoms with E-state index in [1.54, 1.807) is 37.2 Å². The summed E-state index contributed by atoms with van der Waals surface area (Å²) in [5.74, 6) is 0.0602. The number of nitro groups is 1. The van der Waals surface area contributed by atoms with Gasteiger partial charge in [0.05, 0.1) is 20.3 Å². The molecule has 0 aliphatic carbocycles. The van der Waals surface area contributed by atoms with Crippen molar-refractivity contribution in [2.24, 2.45) is 4.36 Å². The standard InChI is InChI=1S/C19H24N6O4S/c1-23(2)16-5-4-10-20-18(16)19(26)22-30(3,29)15-8-11-24(12-9-15)17-7-6-14(13-21-17)25(27)28/h4-7,10,13,15H,8-9,11-12H2,1-3H3. The van der Waals surface area contributed by atoms with Crippen LogP contribution in [0.1, 0.15) is 23.3 Å². The molecule has 1 amide bonds. The number of carbonyl (C=O) groups is 1. The maximum atomic E-state index is 13.2. The van der Waals surface area contributed by atoms with E-state index in [1.165, 1.54) is 24.7 Å². The lowest BCUT2D eigenvalue weighted by Crippen LogP contribution is -2.39. The molecule has 1 unspecified atom stereocenters. The van der Waals surface area contributed by atoms with Crippen LogP contribution in [0.5, 0.6) is 0 Å². The zero-order valence-corrected chi connectivity index (χ0v) is 17.9. The van der Waals surface area contributed by atoms with Gasteiger partial charge in [0.15, 0.2) is 5.69 Å². The molecule has 11 heteroatoms. The lowest BCUT2D eigenvalue weighted by atomic mass is 10.1. The van der Waals surface area contributed by atoms with Gasteiger partial charge in [-0.15, -0.1) is 0 Å². The van der Waals surface area contributed by atoms with Gasteiger partial charge < -0.3 is 9.80 Å². The average Bonchev–Trinajstić information content (AvgIpc) is 2.73. The van der Waals surface area contributed by atoms with E-state index >= 15 is 0 Å². The molecular formula is C19H24N6O4S. The Balaban J connectivity index is 1.72. The quantitative estimate of drug-likeness (QED) is 0.521. The van der Waals surface area contributed by atoms with Crippen LogP contribution in [0, 0.1) is 10.1 Å². The van der Waals surface area contributed by atoms with Crippen molar-refractivity contribution in [3.05, 3.63) is 52.5 Å². The van der Waals surface area contributed by atoms with Crippen molar-refractivity contribution >= 4 is 32.8 Å². The van der Waals surface area contributed by atoms with E-state index in [4.69, 9.17) is 0 Å². The number of amides is 1. The second-order valence-corrected chi connectivity index (χ2v) is 9.91. The fourth-order valence-electron chi connectivity index (χ4n) is 3.40. The third-order valence-corrected chi connectivity index (χ3v) is 7.30. The van der Waals surface area contributed by atoms with Crippen LogP contribution in [0.2, 0.25) is 0 Å². The fraction of sp³-hybridized carbons (Fsp3) is 0.421. The van der Waals surface area contributed by atoms with Crippen LogP contribution in [0.4, 0.5) is 17.2 Å². The van der Waals surface area contributed by atoms with E-state index in [9.17, 15) is 19.1 Å². The van der Waals surface area contributed by atoms with Gasteiger partial charge >= 0.3 is 5.91 Å². The van der Waals surface area contributed by atoms with Crippen molar-refractivity contribution in [1.82, 2.24) is 9.97 Å². The van der Waals surface area contributed by atoms with Gasteiger partial charge in [0.25, 0.3) is 5.69 Å². The van der Waals surface area contributed by atoms with Gasteiger partial charge in [-0.2, -0.15) is 4.36 Å². The van der Waals surface area contributed by atoms with Gasteiger partial charge in [-0.3, -0.25) is 14.9 Å². The minimum atomic E-state index is -2.77. The maximum absolute atomic E-state index is 13.2. The number of aromatic nitrogens is 2. The summed E-state index contributed by atoms with van der Waals surface area (Å²) in [6.07, 6.45) is 5.42. The monoisotopic (exact) mass is 432 g/mol. The smallest absolute Gasteiger partial charge is 0.305 e. The first kappa shape index (κ1) is 21.6. The first-order valence-electron chi connectivity index (χ1n) is 9.42. The lowest BCUT2D eigenvalue weighted by Gasteiger charge is -2.33. The predicted octanol–water partition coefficient (Wildman–Crippen LogP) is 2.36. The number of anilines is 2. The number of hydrogen-bond donors (Lipinski definition) is 0. The van der Waals surface area contributed by atoms with Crippen molar-refractivity contribution in [2.75, 3.05) is 43.2 Å². The Hall–Kier alpha value is -3.08. The molecule has 160 valence electrons. The SMILES string of the molecule is CN(C)c1cccnc1C(=O)N=S(C)(=O)C1CCN(c2ccc([N+](=O)[O-])cn2)CC1. The highest BCUT2D eigenvalue weighted by atomic mass is 32.2. The highest BCUT2D eigenvalue weighted by Crippen LogP contribution is 2.25. The Labute approximate surface area is 175 Å². The molecule has 1 aliphatic rings. The van der Waals surface area contributed by atoms with E-state index < -0.39 is 20.6 Å². The molecule has 0 N–H and O–H groups in total. The normalized spacial score (nSPS) is 16.6. The molecule has 3 heterocycles. The average molecular weight is 433 g/mol. The van der Waals surface area contributed by atoms with Gasteiger partial charge in [0, 0.05) is 51.0 Å². The first-order chi connectivity index (χ1) is 14.2. The van der Waals surface area contributed by atoms with Crippen molar-refractivity contribution in [1.29, 1.82) is 0 Å². The molecule has 1 fully saturated rings. The Morgan fingerprint density at radius 2 is 1.97 bits per heavy atom. The van der Waals surface area contributed by atoms with Gasteiger partial charge in [0.1, 0.15) is 12.0 Å². The third-order valence-electron chi connectivity index (χ3n) is 5.06. The molecule has 1 aliphatic heterocycles. The topological polar surface area (TPSA) is 122 Å². The predicted molar refractivity (Wildman–Crippen MR) is 116 cm³/mol. The molecular weight excluding hydrogens is 408 g/mol. The molecule has 0 aromatic carbocycles. The van der Waals surface area contributed by atoms with E-state index in [0.29, 0.717) is 37.4 Å². The third kappa shape index (κ3) is 4.73. The summed E-state index contributed by atoms with van der Waals surface area (Å²) in [6.45, 7) is 1.16. The molecule has 1 atom stereocenters. The van der Waals surface area contributed by atoms with Crippen LogP contribution in [-0.2, 0) is 9.73 Å². The number of nitrogens with zero attached hydrogens (tertiary/aromatic N) is 6. The minimum absolute atomic E-state index is 0.0610. The highest BCUT2D eigenvalue weighted by Gasteiger charge is 2.28. The Bertz CT molecular complexity index is 1050. The Morgan fingerprint density at radius 3 is 2.53 bits per heavy atom. The minimum Gasteiger partial charge on any atom is -0.376 e. The summed E-state index contributed by atoms with van der Waals surface area (Å²) >= 11 is 0.